The molecule has 4 fully saturated rings. The lowest BCUT2D eigenvalue weighted by Crippen LogP contribution is -2.65. The Bertz CT molecular complexity index is 501. The van der Waals surface area contributed by atoms with Gasteiger partial charge >= 0.3 is 7.12 Å². The molecular formula is C15H19BO2. The average molecular weight is 242 g/mol. The quantitative estimate of drug-likeness (QED) is 0.520. The first kappa shape index (κ1) is 11.1. The molecule has 5 rings (SSSR count). The van der Waals surface area contributed by atoms with E-state index in [0.29, 0.717) is 11.3 Å². The average Bonchev–Trinajstić information content (AvgIpc) is 2.92. The summed E-state index contributed by atoms with van der Waals surface area (Å²) in [5.41, 5.74) is 4.56. The highest BCUT2D eigenvalue weighted by atomic mass is 16.7. The van der Waals surface area contributed by atoms with Crippen LogP contribution in [0.3, 0.4) is 0 Å². The zero-order chi connectivity index (χ0) is 12.5. The maximum Gasteiger partial charge on any atom is 0.502 e. The van der Waals surface area contributed by atoms with Gasteiger partial charge in [-0.05, 0) is 43.1 Å². The van der Waals surface area contributed by atoms with E-state index in [2.05, 4.69) is 26.5 Å². The van der Waals surface area contributed by atoms with Crippen LogP contribution in [0.1, 0.15) is 33.6 Å². The third-order valence-corrected chi connectivity index (χ3v) is 5.83. The fourth-order valence-corrected chi connectivity index (χ4v) is 4.49. The summed E-state index contributed by atoms with van der Waals surface area (Å²) in [6.07, 6.45) is 8.69. The molecular weight excluding hydrogens is 223 g/mol. The van der Waals surface area contributed by atoms with Gasteiger partial charge in [0, 0.05) is 5.47 Å². The van der Waals surface area contributed by atoms with Crippen molar-refractivity contribution in [2.24, 2.45) is 17.3 Å². The van der Waals surface area contributed by atoms with E-state index in [9.17, 15) is 0 Å². The monoisotopic (exact) mass is 242 g/mol. The molecule has 0 aromatic heterocycles. The maximum absolute atomic E-state index is 6.33. The van der Waals surface area contributed by atoms with Crippen LogP contribution in [0.15, 0.2) is 29.4 Å². The van der Waals surface area contributed by atoms with Gasteiger partial charge in [-0.1, -0.05) is 26.0 Å². The van der Waals surface area contributed by atoms with Crippen LogP contribution < -0.4 is 0 Å². The van der Waals surface area contributed by atoms with Gasteiger partial charge in [0.2, 0.25) is 0 Å². The number of hydrogen-bond donors (Lipinski definition) is 0. The summed E-state index contributed by atoms with van der Waals surface area (Å²) in [5, 5.41) is 0. The Morgan fingerprint density at radius 3 is 2.83 bits per heavy atom. The molecule has 3 saturated carbocycles. The predicted molar refractivity (Wildman–Crippen MR) is 70.8 cm³/mol. The fraction of sp³-hybridized carbons (Fsp3) is 0.667. The first-order valence-electron chi connectivity index (χ1n) is 6.98. The summed E-state index contributed by atoms with van der Waals surface area (Å²) in [5.74, 6) is 1.44. The Labute approximate surface area is 109 Å². The Hall–Kier alpha value is -0.755. The van der Waals surface area contributed by atoms with Crippen molar-refractivity contribution in [1.82, 2.24) is 0 Å². The first-order valence-corrected chi connectivity index (χ1v) is 6.98. The van der Waals surface area contributed by atoms with E-state index in [0.717, 1.165) is 17.8 Å². The van der Waals surface area contributed by atoms with Gasteiger partial charge in [0.05, 0.1) is 11.7 Å². The minimum atomic E-state index is -0.204. The van der Waals surface area contributed by atoms with Crippen LogP contribution in [0.2, 0.25) is 0 Å². The molecule has 4 atom stereocenters. The summed E-state index contributed by atoms with van der Waals surface area (Å²) in [6.45, 7) is 7.03. The minimum Gasteiger partial charge on any atom is -0.401 e. The Balaban J connectivity index is 1.65. The minimum absolute atomic E-state index is 0.103. The van der Waals surface area contributed by atoms with E-state index >= 15 is 0 Å². The van der Waals surface area contributed by atoms with Crippen molar-refractivity contribution in [2.75, 3.05) is 0 Å². The molecule has 94 valence electrons. The van der Waals surface area contributed by atoms with Gasteiger partial charge in [0.1, 0.15) is 0 Å². The van der Waals surface area contributed by atoms with Gasteiger partial charge < -0.3 is 9.31 Å². The Morgan fingerprint density at radius 1 is 1.33 bits per heavy atom. The summed E-state index contributed by atoms with van der Waals surface area (Å²) in [7, 11) is -0.204. The van der Waals surface area contributed by atoms with Crippen molar-refractivity contribution in [2.45, 2.75) is 45.3 Å². The number of rotatable bonds is 1. The van der Waals surface area contributed by atoms with E-state index in [1.54, 1.807) is 0 Å². The predicted octanol–water partition coefficient (Wildman–Crippen LogP) is 2.91. The summed E-state index contributed by atoms with van der Waals surface area (Å²) >= 11 is 0. The number of hydrogen-bond acceptors (Lipinski definition) is 2. The maximum atomic E-state index is 6.33. The summed E-state index contributed by atoms with van der Waals surface area (Å²) < 4.78 is 12.5. The van der Waals surface area contributed by atoms with Gasteiger partial charge in [-0.15, -0.1) is 5.73 Å². The van der Waals surface area contributed by atoms with Crippen LogP contribution >= 0.6 is 0 Å². The van der Waals surface area contributed by atoms with E-state index in [1.807, 2.05) is 18.2 Å². The van der Waals surface area contributed by atoms with Crippen LogP contribution in [0.25, 0.3) is 0 Å². The van der Waals surface area contributed by atoms with Gasteiger partial charge in [0.15, 0.2) is 0 Å². The zero-order valence-corrected chi connectivity index (χ0v) is 11.3. The molecule has 0 aromatic rings. The van der Waals surface area contributed by atoms with Crippen molar-refractivity contribution in [3.05, 3.63) is 29.4 Å². The number of allylic oxidation sites excluding steroid dienone is 3. The molecule has 18 heavy (non-hydrogen) atoms. The van der Waals surface area contributed by atoms with Gasteiger partial charge in [-0.2, -0.15) is 0 Å². The van der Waals surface area contributed by atoms with Crippen molar-refractivity contribution in [1.29, 1.82) is 0 Å². The fourth-order valence-electron chi connectivity index (χ4n) is 4.49. The molecule has 0 spiro atoms. The van der Waals surface area contributed by atoms with Crippen LogP contribution in [0.4, 0.5) is 0 Å². The van der Waals surface area contributed by atoms with Crippen LogP contribution in [-0.4, -0.2) is 18.8 Å². The highest BCUT2D eigenvalue weighted by Gasteiger charge is 2.68. The van der Waals surface area contributed by atoms with E-state index < -0.39 is 0 Å². The van der Waals surface area contributed by atoms with Crippen LogP contribution in [0, 0.1) is 17.3 Å². The van der Waals surface area contributed by atoms with Crippen molar-refractivity contribution >= 4 is 7.12 Å². The second kappa shape index (κ2) is 3.22. The lowest BCUT2D eigenvalue weighted by atomic mass is 9.43. The smallest absolute Gasteiger partial charge is 0.401 e. The van der Waals surface area contributed by atoms with E-state index in [1.165, 1.54) is 6.42 Å². The van der Waals surface area contributed by atoms with Gasteiger partial charge in [-0.3, -0.25) is 0 Å². The zero-order valence-electron chi connectivity index (χ0n) is 11.3. The SMILES string of the molecule is CC1(C)[C@@H]2C[C@H]3OB(C4=C=CC=C4)O[C@@]3(C)[C@H]1C2. The lowest BCUT2D eigenvalue weighted by Gasteiger charge is -2.64. The summed E-state index contributed by atoms with van der Waals surface area (Å²) in [4.78, 5) is 0. The summed E-state index contributed by atoms with van der Waals surface area (Å²) in [6, 6.07) is 0. The molecule has 2 nitrogen and oxygen atoms in total. The van der Waals surface area contributed by atoms with E-state index in [4.69, 9.17) is 9.31 Å². The van der Waals surface area contributed by atoms with Crippen molar-refractivity contribution in [3.8, 4) is 0 Å². The molecule has 1 saturated heterocycles. The third kappa shape index (κ3) is 1.18. The second-order valence-corrected chi connectivity index (χ2v) is 6.93. The van der Waals surface area contributed by atoms with Crippen LogP contribution in [-0.2, 0) is 9.31 Å². The normalized spacial score (nSPS) is 46.9. The molecule has 4 aliphatic carbocycles. The molecule has 0 aromatic carbocycles. The lowest BCUT2D eigenvalue weighted by molar-refractivity contribution is -0.199. The van der Waals surface area contributed by atoms with Gasteiger partial charge in [-0.25, -0.2) is 0 Å². The molecule has 0 unspecified atom stereocenters. The molecule has 5 aliphatic rings. The first-order chi connectivity index (χ1) is 8.52. The largest absolute Gasteiger partial charge is 0.502 e. The molecule has 0 amide bonds. The third-order valence-electron chi connectivity index (χ3n) is 5.83. The standard InChI is InChI=1S/C15H19BO2/c1-14(2)10-8-12(14)15(3)13(9-10)17-16(18-15)11-6-4-5-7-11/h4-6,10,12-13H,8-9H2,1-3H3/t10-,12-,13+,15-/m0/s1. The molecule has 2 bridgehead atoms. The second-order valence-electron chi connectivity index (χ2n) is 6.93. The molecule has 3 heteroatoms. The van der Waals surface area contributed by atoms with Crippen molar-refractivity contribution in [3.63, 3.8) is 0 Å². The molecule has 0 radical (unpaired) electrons. The van der Waals surface area contributed by atoms with Gasteiger partial charge in [0.25, 0.3) is 0 Å². The van der Waals surface area contributed by atoms with E-state index in [-0.39, 0.29) is 18.8 Å². The highest BCUT2D eigenvalue weighted by molar-refractivity contribution is 6.55. The molecule has 0 N–H and O–H groups in total. The molecule has 1 aliphatic heterocycles. The highest BCUT2D eigenvalue weighted by Crippen LogP contribution is 2.65. The Kier molecular flexibility index (Phi) is 1.99. The topological polar surface area (TPSA) is 18.5 Å². The van der Waals surface area contributed by atoms with Crippen molar-refractivity contribution < 1.29 is 9.31 Å². The molecule has 1 heterocycles. The van der Waals surface area contributed by atoms with Crippen LogP contribution in [0.5, 0.6) is 0 Å². The Morgan fingerprint density at radius 2 is 2.17 bits per heavy atom.